The molecular weight excluding hydrogens is 319 g/mol. The van der Waals surface area contributed by atoms with Gasteiger partial charge in [0.25, 0.3) is 0 Å². The van der Waals surface area contributed by atoms with E-state index >= 15 is 0 Å². The first-order chi connectivity index (χ1) is 10.7. The van der Waals surface area contributed by atoms with Gasteiger partial charge in [-0.25, -0.2) is 10.6 Å². The van der Waals surface area contributed by atoms with Crippen LogP contribution in [0.15, 0.2) is 29.4 Å². The number of rotatable bonds is 6. The molecule has 126 valence electrons. The third-order valence-corrected chi connectivity index (χ3v) is 2.56. The van der Waals surface area contributed by atoms with Crippen molar-refractivity contribution in [3.05, 3.63) is 29.8 Å². The second-order valence-electron chi connectivity index (χ2n) is 4.19. The third kappa shape index (κ3) is 5.04. The number of anilines is 1. The van der Waals surface area contributed by atoms with Gasteiger partial charge in [-0.3, -0.25) is 4.79 Å². The fourth-order valence-corrected chi connectivity index (χ4v) is 1.50. The first-order valence-electron chi connectivity index (χ1n) is 6.11. The van der Waals surface area contributed by atoms with Crippen LogP contribution in [-0.2, 0) is 25.2 Å². The van der Waals surface area contributed by atoms with Gasteiger partial charge in [-0.1, -0.05) is 6.07 Å². The summed E-state index contributed by atoms with van der Waals surface area (Å²) >= 11 is 0. The number of ketones is 1. The minimum absolute atomic E-state index is 0.175. The molecule has 0 fully saturated rings. The van der Waals surface area contributed by atoms with Crippen LogP contribution in [0.1, 0.15) is 5.56 Å². The smallest absolute Gasteiger partial charge is 0.416 e. The molecule has 0 unspecified atom stereocenters. The average Bonchev–Trinajstić information content (AvgIpc) is 2.51. The molecule has 0 aliphatic heterocycles. The quantitative estimate of drug-likeness (QED) is 0.276. The summed E-state index contributed by atoms with van der Waals surface area (Å²) in [4.78, 5) is 23.2. The number of carbonyl (C=O) groups excluding carboxylic acids is 2. The van der Waals surface area contributed by atoms with E-state index in [9.17, 15) is 22.8 Å². The van der Waals surface area contributed by atoms with E-state index in [2.05, 4.69) is 14.6 Å². The lowest BCUT2D eigenvalue weighted by molar-refractivity contribution is -0.137. The number of benzene rings is 1. The van der Waals surface area contributed by atoms with Gasteiger partial charge in [-0.2, -0.15) is 18.3 Å². The van der Waals surface area contributed by atoms with Crippen molar-refractivity contribution < 1.29 is 32.2 Å². The number of hydrogen-bond donors (Lipinski definition) is 1. The molecule has 0 saturated heterocycles. The topological polar surface area (TPSA) is 94.2 Å². The molecule has 1 aromatic carbocycles. The molecule has 7 nitrogen and oxygen atoms in total. The SMILES string of the molecule is COCC(=O)/C(=N\N(N)c1cccc(C(F)(F)F)c1)C(=O)OC. The Morgan fingerprint density at radius 2 is 1.96 bits per heavy atom. The van der Waals surface area contributed by atoms with E-state index in [4.69, 9.17) is 5.84 Å². The molecule has 0 saturated carbocycles. The zero-order chi connectivity index (χ0) is 17.6. The summed E-state index contributed by atoms with van der Waals surface area (Å²) in [6, 6.07) is 3.91. The van der Waals surface area contributed by atoms with Crippen LogP contribution in [0.3, 0.4) is 0 Å². The standard InChI is InChI=1S/C13H14F3N3O4/c1-22-7-10(20)11(12(21)23-2)18-19(17)9-5-3-4-8(6-9)13(14,15)16/h3-6H,7,17H2,1-2H3/b18-11+. The van der Waals surface area contributed by atoms with Gasteiger partial charge in [0.1, 0.15) is 6.61 Å². The van der Waals surface area contributed by atoms with Gasteiger partial charge >= 0.3 is 12.1 Å². The molecule has 0 amide bonds. The Morgan fingerprint density at radius 1 is 1.30 bits per heavy atom. The van der Waals surface area contributed by atoms with Crippen molar-refractivity contribution in [1.82, 2.24) is 0 Å². The highest BCUT2D eigenvalue weighted by molar-refractivity contribution is 6.64. The number of halogens is 3. The molecule has 0 heterocycles. The van der Waals surface area contributed by atoms with Crippen LogP contribution in [-0.4, -0.2) is 38.3 Å². The number of hydrazone groups is 1. The van der Waals surface area contributed by atoms with E-state index in [0.29, 0.717) is 5.12 Å². The summed E-state index contributed by atoms with van der Waals surface area (Å²) in [5, 5.41) is 4.00. The van der Waals surface area contributed by atoms with Crippen LogP contribution >= 0.6 is 0 Å². The fourth-order valence-electron chi connectivity index (χ4n) is 1.50. The van der Waals surface area contributed by atoms with Crippen LogP contribution in [0.25, 0.3) is 0 Å². The lowest BCUT2D eigenvalue weighted by Gasteiger charge is -2.15. The minimum atomic E-state index is -4.57. The van der Waals surface area contributed by atoms with Gasteiger partial charge in [0.15, 0.2) is 0 Å². The van der Waals surface area contributed by atoms with E-state index < -0.39 is 35.8 Å². The van der Waals surface area contributed by atoms with Crippen LogP contribution < -0.4 is 11.0 Å². The Balaban J connectivity index is 3.17. The van der Waals surface area contributed by atoms with Crippen molar-refractivity contribution in [3.8, 4) is 0 Å². The Labute approximate surface area is 129 Å². The lowest BCUT2D eigenvalue weighted by atomic mass is 10.2. The van der Waals surface area contributed by atoms with Crippen LogP contribution in [0.2, 0.25) is 0 Å². The Morgan fingerprint density at radius 3 is 2.48 bits per heavy atom. The first-order valence-corrected chi connectivity index (χ1v) is 6.11. The zero-order valence-electron chi connectivity index (χ0n) is 12.3. The number of hydrogen-bond acceptors (Lipinski definition) is 7. The van der Waals surface area contributed by atoms with E-state index in [0.717, 1.165) is 25.3 Å². The van der Waals surface area contributed by atoms with E-state index in [1.54, 1.807) is 0 Å². The molecule has 10 heteroatoms. The number of Topliss-reactive ketones (excluding diaryl/α,β-unsaturated/α-hetero) is 1. The normalized spacial score (nSPS) is 12.0. The van der Waals surface area contributed by atoms with Gasteiger partial charge in [0.05, 0.1) is 18.4 Å². The number of esters is 1. The number of nitrogens with two attached hydrogens (primary N) is 1. The van der Waals surface area contributed by atoms with Crippen molar-refractivity contribution >= 4 is 23.2 Å². The molecule has 0 bridgehead atoms. The molecule has 0 atom stereocenters. The van der Waals surface area contributed by atoms with Crippen LogP contribution in [0, 0.1) is 0 Å². The van der Waals surface area contributed by atoms with Crippen LogP contribution in [0.4, 0.5) is 18.9 Å². The number of alkyl halides is 3. The molecule has 0 spiro atoms. The van der Waals surface area contributed by atoms with Gasteiger partial charge < -0.3 is 9.47 Å². The number of nitrogens with zero attached hydrogens (tertiary/aromatic N) is 2. The molecule has 0 radical (unpaired) electrons. The Hall–Kier alpha value is -2.46. The number of methoxy groups -OCH3 is 2. The second kappa shape index (κ2) is 7.70. The Kier molecular flexibility index (Phi) is 6.22. The second-order valence-corrected chi connectivity index (χ2v) is 4.19. The third-order valence-electron chi connectivity index (χ3n) is 2.56. The van der Waals surface area contributed by atoms with Gasteiger partial charge in [0, 0.05) is 7.11 Å². The molecule has 2 N–H and O–H groups in total. The van der Waals surface area contributed by atoms with Crippen LogP contribution in [0.5, 0.6) is 0 Å². The van der Waals surface area contributed by atoms with Gasteiger partial charge in [-0.15, -0.1) is 5.10 Å². The molecule has 23 heavy (non-hydrogen) atoms. The average molecular weight is 333 g/mol. The highest BCUT2D eigenvalue weighted by atomic mass is 19.4. The number of hydrazine groups is 1. The van der Waals surface area contributed by atoms with Crippen molar-refractivity contribution in [1.29, 1.82) is 0 Å². The monoisotopic (exact) mass is 333 g/mol. The van der Waals surface area contributed by atoms with Gasteiger partial charge in [0.2, 0.25) is 11.5 Å². The largest absolute Gasteiger partial charge is 0.464 e. The summed E-state index contributed by atoms with van der Waals surface area (Å²) in [6.07, 6.45) is -4.57. The van der Waals surface area contributed by atoms with Crippen molar-refractivity contribution in [3.63, 3.8) is 0 Å². The van der Waals surface area contributed by atoms with E-state index in [1.165, 1.54) is 13.2 Å². The van der Waals surface area contributed by atoms with Gasteiger partial charge in [-0.05, 0) is 18.2 Å². The Bertz CT molecular complexity index is 617. The highest BCUT2D eigenvalue weighted by Crippen LogP contribution is 2.31. The highest BCUT2D eigenvalue weighted by Gasteiger charge is 2.31. The molecule has 1 aromatic rings. The van der Waals surface area contributed by atoms with Crippen molar-refractivity contribution in [2.24, 2.45) is 10.9 Å². The minimum Gasteiger partial charge on any atom is -0.464 e. The summed E-state index contributed by atoms with van der Waals surface area (Å²) < 4.78 is 47.0. The summed E-state index contributed by atoms with van der Waals surface area (Å²) in [7, 11) is 2.24. The molecular formula is C13H14F3N3O4. The number of carbonyl (C=O) groups is 2. The predicted molar refractivity (Wildman–Crippen MR) is 74.4 cm³/mol. The summed E-state index contributed by atoms with van der Waals surface area (Å²) in [5.41, 5.74) is -1.83. The maximum atomic E-state index is 12.7. The molecule has 0 aromatic heterocycles. The fraction of sp³-hybridized carbons (Fsp3) is 0.308. The van der Waals surface area contributed by atoms with Crippen molar-refractivity contribution in [2.45, 2.75) is 6.18 Å². The molecule has 0 aliphatic rings. The first kappa shape index (κ1) is 18.6. The van der Waals surface area contributed by atoms with E-state index in [-0.39, 0.29) is 5.69 Å². The lowest BCUT2D eigenvalue weighted by Crippen LogP contribution is -2.35. The maximum Gasteiger partial charge on any atom is 0.416 e. The van der Waals surface area contributed by atoms with Crippen molar-refractivity contribution in [2.75, 3.05) is 25.9 Å². The predicted octanol–water partition coefficient (Wildman–Crippen LogP) is 1.13. The molecule has 1 rings (SSSR count). The van der Waals surface area contributed by atoms with E-state index in [1.807, 2.05) is 0 Å². The number of ether oxygens (including phenoxy) is 2. The maximum absolute atomic E-state index is 12.7. The summed E-state index contributed by atoms with van der Waals surface area (Å²) in [5.74, 6) is 3.59. The zero-order valence-corrected chi connectivity index (χ0v) is 12.3. The molecule has 0 aliphatic carbocycles. The summed E-state index contributed by atoms with van der Waals surface area (Å²) in [6.45, 7) is -0.468.